The van der Waals surface area contributed by atoms with Crippen molar-refractivity contribution in [3.05, 3.63) is 57.8 Å². The molecule has 2 aromatic rings. The number of amides is 1. The number of carbonyl (C=O) groups is 1. The van der Waals surface area contributed by atoms with Gasteiger partial charge in [0, 0.05) is 7.05 Å². The molecule has 0 fully saturated rings. The molecule has 0 aliphatic rings. The zero-order valence-corrected chi connectivity index (χ0v) is 11.6. The molecule has 1 atom stereocenters. The summed E-state index contributed by atoms with van der Waals surface area (Å²) in [6.45, 7) is 1.97. The number of benzene rings is 1. The molecule has 2 rings (SSSR count). The molecule has 1 amide bonds. The number of nitriles is 1. The molecule has 19 heavy (non-hydrogen) atoms. The normalized spacial score (nSPS) is 11.6. The van der Waals surface area contributed by atoms with Gasteiger partial charge in [-0.3, -0.25) is 4.79 Å². The summed E-state index contributed by atoms with van der Waals surface area (Å²) in [5, 5.41) is 11.2. The molecule has 1 aromatic heterocycles. The van der Waals surface area contributed by atoms with Gasteiger partial charge in [0.05, 0.1) is 10.9 Å². The van der Waals surface area contributed by atoms with Crippen molar-refractivity contribution in [1.29, 1.82) is 5.26 Å². The number of hydrogen-bond donors (Lipinski definition) is 0. The molecule has 0 spiro atoms. The van der Waals surface area contributed by atoms with E-state index < -0.39 is 6.04 Å². The zero-order chi connectivity index (χ0) is 13.8. The molecular weight excluding hydrogens is 256 g/mol. The molecule has 0 bridgehead atoms. The van der Waals surface area contributed by atoms with Crippen molar-refractivity contribution < 1.29 is 4.79 Å². The van der Waals surface area contributed by atoms with Crippen molar-refractivity contribution in [3.8, 4) is 6.07 Å². The summed E-state index contributed by atoms with van der Waals surface area (Å²) in [4.78, 5) is 14.4. The third-order valence-electron chi connectivity index (χ3n) is 2.92. The van der Waals surface area contributed by atoms with Gasteiger partial charge in [-0.2, -0.15) is 5.26 Å². The van der Waals surface area contributed by atoms with Gasteiger partial charge in [0.25, 0.3) is 5.91 Å². The predicted octanol–water partition coefficient (Wildman–Crippen LogP) is 3.39. The van der Waals surface area contributed by atoms with Crippen LogP contribution >= 0.6 is 11.3 Å². The van der Waals surface area contributed by atoms with Crippen molar-refractivity contribution in [3.63, 3.8) is 0 Å². The van der Waals surface area contributed by atoms with Crippen molar-refractivity contribution in [2.24, 2.45) is 0 Å². The summed E-state index contributed by atoms with van der Waals surface area (Å²) in [7, 11) is 1.66. The van der Waals surface area contributed by atoms with Crippen molar-refractivity contribution in [1.82, 2.24) is 4.90 Å². The second-order valence-corrected chi connectivity index (χ2v) is 5.29. The SMILES string of the molecule is Cc1cccc(C(C#N)N(C)C(=O)c2cccs2)c1. The van der Waals surface area contributed by atoms with E-state index in [1.54, 1.807) is 13.1 Å². The van der Waals surface area contributed by atoms with Gasteiger partial charge in [0.1, 0.15) is 6.04 Å². The number of carbonyl (C=O) groups excluding carboxylic acids is 1. The zero-order valence-electron chi connectivity index (χ0n) is 10.8. The number of thiophene rings is 1. The Bertz CT molecular complexity index is 613. The monoisotopic (exact) mass is 270 g/mol. The molecule has 0 aliphatic carbocycles. The highest BCUT2D eigenvalue weighted by Gasteiger charge is 2.22. The Hall–Kier alpha value is -2.12. The Balaban J connectivity index is 2.28. The lowest BCUT2D eigenvalue weighted by Gasteiger charge is -2.22. The lowest BCUT2D eigenvalue weighted by Crippen LogP contribution is -2.29. The minimum absolute atomic E-state index is 0.122. The smallest absolute Gasteiger partial charge is 0.264 e. The van der Waals surface area contributed by atoms with Crippen LogP contribution in [0.4, 0.5) is 0 Å². The van der Waals surface area contributed by atoms with Crippen LogP contribution in [0.15, 0.2) is 41.8 Å². The fraction of sp³-hybridized carbons (Fsp3) is 0.200. The van der Waals surface area contributed by atoms with Crippen LogP contribution in [-0.4, -0.2) is 17.9 Å². The molecule has 3 nitrogen and oxygen atoms in total. The third kappa shape index (κ3) is 2.83. The molecule has 0 aliphatic heterocycles. The van der Waals surface area contributed by atoms with E-state index in [9.17, 15) is 10.1 Å². The van der Waals surface area contributed by atoms with Crippen molar-refractivity contribution in [2.45, 2.75) is 13.0 Å². The third-order valence-corrected chi connectivity index (χ3v) is 3.78. The summed E-state index contributed by atoms with van der Waals surface area (Å²) in [5.74, 6) is -0.122. The fourth-order valence-electron chi connectivity index (χ4n) is 1.92. The topological polar surface area (TPSA) is 44.1 Å². The van der Waals surface area contributed by atoms with Crippen LogP contribution in [0.5, 0.6) is 0 Å². The van der Waals surface area contributed by atoms with E-state index in [0.717, 1.165) is 11.1 Å². The molecule has 0 N–H and O–H groups in total. The Kier molecular flexibility index (Phi) is 3.98. The van der Waals surface area contributed by atoms with E-state index in [4.69, 9.17) is 0 Å². The molecule has 0 saturated carbocycles. The van der Waals surface area contributed by atoms with Crippen LogP contribution < -0.4 is 0 Å². The molecule has 1 heterocycles. The van der Waals surface area contributed by atoms with Crippen molar-refractivity contribution >= 4 is 17.2 Å². The van der Waals surface area contributed by atoms with Gasteiger partial charge in [-0.15, -0.1) is 11.3 Å². The first-order chi connectivity index (χ1) is 9.13. The lowest BCUT2D eigenvalue weighted by atomic mass is 10.0. The fourth-order valence-corrected chi connectivity index (χ4v) is 2.62. The van der Waals surface area contributed by atoms with Gasteiger partial charge in [0.15, 0.2) is 0 Å². The molecule has 1 aromatic carbocycles. The van der Waals surface area contributed by atoms with Crippen LogP contribution in [-0.2, 0) is 0 Å². The van der Waals surface area contributed by atoms with Gasteiger partial charge >= 0.3 is 0 Å². The van der Waals surface area contributed by atoms with E-state index in [0.29, 0.717) is 4.88 Å². The molecule has 4 heteroatoms. The van der Waals surface area contributed by atoms with Gasteiger partial charge in [0.2, 0.25) is 0 Å². The van der Waals surface area contributed by atoms with E-state index in [-0.39, 0.29) is 5.91 Å². The van der Waals surface area contributed by atoms with Crippen molar-refractivity contribution in [2.75, 3.05) is 7.05 Å². The predicted molar refractivity (Wildman–Crippen MR) is 75.9 cm³/mol. The summed E-state index contributed by atoms with van der Waals surface area (Å²) in [6, 6.07) is 12.9. The minimum atomic E-state index is -0.561. The van der Waals surface area contributed by atoms with E-state index in [1.165, 1.54) is 16.2 Å². The Morgan fingerprint density at radius 1 is 1.37 bits per heavy atom. The van der Waals surface area contributed by atoms with Crippen LogP contribution in [0.25, 0.3) is 0 Å². The number of aryl methyl sites for hydroxylation is 1. The van der Waals surface area contributed by atoms with Crippen LogP contribution in [0.2, 0.25) is 0 Å². The van der Waals surface area contributed by atoms with Gasteiger partial charge < -0.3 is 4.90 Å². The van der Waals surface area contributed by atoms with E-state index in [1.807, 2.05) is 42.6 Å². The number of rotatable bonds is 3. The number of hydrogen-bond acceptors (Lipinski definition) is 3. The minimum Gasteiger partial charge on any atom is -0.321 e. The summed E-state index contributed by atoms with van der Waals surface area (Å²) < 4.78 is 0. The number of nitrogens with zero attached hydrogens (tertiary/aromatic N) is 2. The van der Waals surface area contributed by atoms with Crippen LogP contribution in [0, 0.1) is 18.3 Å². The average Bonchev–Trinajstić information content (AvgIpc) is 2.92. The maximum atomic E-state index is 12.2. The molecule has 0 radical (unpaired) electrons. The first-order valence-electron chi connectivity index (χ1n) is 5.90. The van der Waals surface area contributed by atoms with Gasteiger partial charge in [-0.25, -0.2) is 0 Å². The summed E-state index contributed by atoms with van der Waals surface area (Å²) in [6.07, 6.45) is 0. The highest BCUT2D eigenvalue weighted by molar-refractivity contribution is 7.12. The first-order valence-corrected chi connectivity index (χ1v) is 6.78. The van der Waals surface area contributed by atoms with E-state index in [2.05, 4.69) is 6.07 Å². The highest BCUT2D eigenvalue weighted by atomic mass is 32.1. The van der Waals surface area contributed by atoms with Gasteiger partial charge in [-0.1, -0.05) is 35.9 Å². The Labute approximate surface area is 116 Å². The van der Waals surface area contributed by atoms with Crippen LogP contribution in [0.3, 0.4) is 0 Å². The summed E-state index contributed by atoms with van der Waals surface area (Å²) in [5.41, 5.74) is 1.92. The first kappa shape index (κ1) is 13.3. The Morgan fingerprint density at radius 3 is 2.74 bits per heavy atom. The quantitative estimate of drug-likeness (QED) is 0.858. The maximum Gasteiger partial charge on any atom is 0.264 e. The average molecular weight is 270 g/mol. The summed E-state index contributed by atoms with van der Waals surface area (Å²) >= 11 is 1.38. The largest absolute Gasteiger partial charge is 0.321 e. The molecule has 0 saturated heterocycles. The molecule has 96 valence electrons. The van der Waals surface area contributed by atoms with Gasteiger partial charge in [-0.05, 0) is 23.9 Å². The maximum absolute atomic E-state index is 12.2. The lowest BCUT2D eigenvalue weighted by molar-refractivity contribution is 0.0768. The Morgan fingerprint density at radius 2 is 2.16 bits per heavy atom. The van der Waals surface area contributed by atoms with Crippen LogP contribution in [0.1, 0.15) is 26.8 Å². The molecular formula is C15H14N2OS. The second-order valence-electron chi connectivity index (χ2n) is 4.34. The highest BCUT2D eigenvalue weighted by Crippen LogP contribution is 2.22. The standard InChI is InChI=1S/C15H14N2OS/c1-11-5-3-6-12(9-11)13(10-16)17(2)15(18)14-7-4-8-19-14/h3-9,13H,1-2H3. The second kappa shape index (κ2) is 5.68. The molecule has 1 unspecified atom stereocenters. The van der Waals surface area contributed by atoms with E-state index >= 15 is 0 Å².